The molecule has 0 saturated carbocycles. The van der Waals surface area contributed by atoms with Crippen molar-refractivity contribution in [3.05, 3.63) is 53.6 Å². The van der Waals surface area contributed by atoms with Crippen LogP contribution >= 0.6 is 0 Å². The van der Waals surface area contributed by atoms with Gasteiger partial charge in [-0.05, 0) is 62.1 Å². The maximum absolute atomic E-state index is 9.58. The van der Waals surface area contributed by atoms with Crippen LogP contribution in [0.5, 0.6) is 5.75 Å². The fraction of sp³-hybridized carbons (Fsp3) is 0.458. The number of nitriles is 1. The van der Waals surface area contributed by atoms with E-state index in [4.69, 9.17) is 4.74 Å². The number of methoxy groups -OCH3 is 1. The highest BCUT2D eigenvalue weighted by Gasteiger charge is 2.19. The minimum atomic E-state index is 0.775. The molecule has 160 valence electrons. The van der Waals surface area contributed by atoms with E-state index in [0.29, 0.717) is 0 Å². The van der Waals surface area contributed by atoms with Crippen molar-refractivity contribution >= 4 is 11.4 Å². The summed E-state index contributed by atoms with van der Waals surface area (Å²) < 4.78 is 5.26. The first-order chi connectivity index (χ1) is 14.5. The number of likely N-dealkylation sites (N-methyl/N-ethyl adjacent to an activating group) is 2. The number of piperazine rings is 1. The SMILES string of the molecule is COc1ccc(N2CCN(Cc3cc(N(C)CCN(C)C)ccc3C#N)CC2)cc1. The molecule has 1 heterocycles. The Morgan fingerprint density at radius 1 is 0.967 bits per heavy atom. The molecule has 0 aromatic heterocycles. The van der Waals surface area contributed by atoms with Gasteiger partial charge >= 0.3 is 0 Å². The third-order valence-electron chi connectivity index (χ3n) is 5.74. The molecule has 1 aliphatic rings. The number of anilines is 2. The van der Waals surface area contributed by atoms with Gasteiger partial charge in [-0.3, -0.25) is 4.90 Å². The molecule has 30 heavy (non-hydrogen) atoms. The monoisotopic (exact) mass is 407 g/mol. The minimum absolute atomic E-state index is 0.775. The van der Waals surface area contributed by atoms with Gasteiger partial charge in [0, 0.05) is 64.2 Å². The van der Waals surface area contributed by atoms with Crippen molar-refractivity contribution in [2.45, 2.75) is 6.54 Å². The molecule has 1 saturated heterocycles. The van der Waals surface area contributed by atoms with Gasteiger partial charge in [-0.15, -0.1) is 0 Å². The van der Waals surface area contributed by atoms with Crippen LogP contribution in [0.4, 0.5) is 11.4 Å². The molecule has 2 aromatic rings. The van der Waals surface area contributed by atoms with Gasteiger partial charge in [-0.25, -0.2) is 0 Å². The molecule has 1 aliphatic heterocycles. The number of hydrogen-bond donors (Lipinski definition) is 0. The fourth-order valence-electron chi connectivity index (χ4n) is 3.73. The summed E-state index contributed by atoms with van der Waals surface area (Å²) in [5.41, 5.74) is 4.29. The molecular weight excluding hydrogens is 374 g/mol. The van der Waals surface area contributed by atoms with Gasteiger partial charge in [0.15, 0.2) is 0 Å². The second-order valence-electron chi connectivity index (χ2n) is 8.14. The Kier molecular flexibility index (Phi) is 7.56. The topological polar surface area (TPSA) is 46.0 Å². The summed E-state index contributed by atoms with van der Waals surface area (Å²) in [6.07, 6.45) is 0. The molecule has 0 radical (unpaired) electrons. The molecule has 0 N–H and O–H groups in total. The normalized spacial score (nSPS) is 14.6. The Labute approximate surface area is 180 Å². The molecule has 0 amide bonds. The van der Waals surface area contributed by atoms with Crippen LogP contribution in [-0.4, -0.2) is 77.3 Å². The van der Waals surface area contributed by atoms with Crippen molar-refractivity contribution in [3.63, 3.8) is 0 Å². The maximum Gasteiger partial charge on any atom is 0.119 e. The van der Waals surface area contributed by atoms with Crippen molar-refractivity contribution in [2.24, 2.45) is 0 Å². The third kappa shape index (κ3) is 5.65. The smallest absolute Gasteiger partial charge is 0.119 e. The average molecular weight is 408 g/mol. The molecule has 1 fully saturated rings. The lowest BCUT2D eigenvalue weighted by Crippen LogP contribution is -2.46. The van der Waals surface area contributed by atoms with Gasteiger partial charge in [0.1, 0.15) is 5.75 Å². The predicted molar refractivity (Wildman–Crippen MR) is 123 cm³/mol. The summed E-state index contributed by atoms with van der Waals surface area (Å²) in [5.74, 6) is 0.886. The van der Waals surface area contributed by atoms with Crippen LogP contribution in [0.2, 0.25) is 0 Å². The Morgan fingerprint density at radius 2 is 1.67 bits per heavy atom. The van der Waals surface area contributed by atoms with Gasteiger partial charge < -0.3 is 19.4 Å². The molecule has 0 bridgehead atoms. The van der Waals surface area contributed by atoms with Gasteiger partial charge in [0.05, 0.1) is 18.7 Å². The number of benzene rings is 2. The molecule has 3 rings (SSSR count). The zero-order chi connectivity index (χ0) is 21.5. The summed E-state index contributed by atoms with van der Waals surface area (Å²) >= 11 is 0. The first kappa shape index (κ1) is 21.9. The first-order valence-electron chi connectivity index (χ1n) is 10.5. The van der Waals surface area contributed by atoms with Crippen LogP contribution in [-0.2, 0) is 6.54 Å². The van der Waals surface area contributed by atoms with Gasteiger partial charge in [0.2, 0.25) is 0 Å². The Hall–Kier alpha value is -2.75. The third-order valence-corrected chi connectivity index (χ3v) is 5.74. The van der Waals surface area contributed by atoms with Crippen molar-refractivity contribution in [1.82, 2.24) is 9.80 Å². The molecule has 0 unspecified atom stereocenters. The summed E-state index contributed by atoms with van der Waals surface area (Å²) in [4.78, 5) is 9.29. The van der Waals surface area contributed by atoms with E-state index < -0.39 is 0 Å². The fourth-order valence-corrected chi connectivity index (χ4v) is 3.73. The van der Waals surface area contributed by atoms with Crippen molar-refractivity contribution in [1.29, 1.82) is 5.26 Å². The van der Waals surface area contributed by atoms with E-state index in [-0.39, 0.29) is 0 Å². The first-order valence-corrected chi connectivity index (χ1v) is 10.5. The van der Waals surface area contributed by atoms with Crippen LogP contribution in [0.3, 0.4) is 0 Å². The lowest BCUT2D eigenvalue weighted by Gasteiger charge is -2.36. The van der Waals surface area contributed by atoms with Crippen LogP contribution in [0.25, 0.3) is 0 Å². The lowest BCUT2D eigenvalue weighted by molar-refractivity contribution is 0.249. The highest BCUT2D eigenvalue weighted by atomic mass is 16.5. The highest BCUT2D eigenvalue weighted by Crippen LogP contribution is 2.23. The van der Waals surface area contributed by atoms with Crippen molar-refractivity contribution < 1.29 is 4.74 Å². The van der Waals surface area contributed by atoms with E-state index in [1.807, 2.05) is 18.2 Å². The maximum atomic E-state index is 9.58. The molecule has 6 nitrogen and oxygen atoms in total. The summed E-state index contributed by atoms with van der Waals surface area (Å²) in [7, 11) is 7.98. The zero-order valence-corrected chi connectivity index (χ0v) is 18.6. The van der Waals surface area contributed by atoms with Crippen LogP contribution < -0.4 is 14.5 Å². The second-order valence-corrected chi connectivity index (χ2v) is 8.14. The van der Waals surface area contributed by atoms with Crippen LogP contribution in [0.15, 0.2) is 42.5 Å². The average Bonchev–Trinajstić information content (AvgIpc) is 2.78. The molecular formula is C24H33N5O. The summed E-state index contributed by atoms with van der Waals surface area (Å²) in [6.45, 7) is 6.70. The van der Waals surface area contributed by atoms with E-state index in [0.717, 1.165) is 62.7 Å². The number of rotatable bonds is 8. The highest BCUT2D eigenvalue weighted by molar-refractivity contribution is 5.54. The standard InChI is InChI=1S/C24H33N5O/c1-26(2)11-12-27(3)23-6-5-20(18-25)21(17-23)19-28-13-15-29(16-14-28)22-7-9-24(30-4)10-8-22/h5-10,17H,11-16,19H2,1-4H3. The van der Waals surface area contributed by atoms with Crippen molar-refractivity contribution in [2.75, 3.05) is 77.3 Å². The second kappa shape index (κ2) is 10.3. The lowest BCUT2D eigenvalue weighted by atomic mass is 10.1. The molecule has 0 aliphatic carbocycles. The van der Waals surface area contributed by atoms with E-state index in [2.05, 4.69) is 71.1 Å². The van der Waals surface area contributed by atoms with E-state index in [9.17, 15) is 5.26 Å². The number of ether oxygens (including phenoxy) is 1. The van der Waals surface area contributed by atoms with Crippen LogP contribution in [0.1, 0.15) is 11.1 Å². The molecule has 2 aromatic carbocycles. The molecule has 6 heteroatoms. The minimum Gasteiger partial charge on any atom is -0.497 e. The summed E-state index contributed by atoms with van der Waals surface area (Å²) in [6, 6.07) is 16.8. The Morgan fingerprint density at radius 3 is 2.27 bits per heavy atom. The number of nitrogens with zero attached hydrogens (tertiary/aromatic N) is 5. The van der Waals surface area contributed by atoms with Gasteiger partial charge in [-0.2, -0.15) is 5.26 Å². The van der Waals surface area contributed by atoms with E-state index in [1.54, 1.807) is 7.11 Å². The Bertz CT molecular complexity index is 851. The summed E-state index contributed by atoms with van der Waals surface area (Å²) in [5, 5.41) is 9.58. The van der Waals surface area contributed by atoms with Gasteiger partial charge in [-0.1, -0.05) is 0 Å². The van der Waals surface area contributed by atoms with E-state index in [1.165, 1.54) is 11.4 Å². The van der Waals surface area contributed by atoms with Gasteiger partial charge in [0.25, 0.3) is 0 Å². The van der Waals surface area contributed by atoms with Crippen LogP contribution in [0, 0.1) is 11.3 Å². The predicted octanol–water partition coefficient (Wildman–Crippen LogP) is 2.89. The molecule has 0 atom stereocenters. The van der Waals surface area contributed by atoms with E-state index >= 15 is 0 Å². The Balaban J connectivity index is 1.61. The van der Waals surface area contributed by atoms with Crippen molar-refractivity contribution in [3.8, 4) is 11.8 Å². The largest absolute Gasteiger partial charge is 0.497 e. The quantitative estimate of drug-likeness (QED) is 0.671. The number of hydrogen-bond acceptors (Lipinski definition) is 6. The zero-order valence-electron chi connectivity index (χ0n) is 18.6. The molecule has 0 spiro atoms.